The van der Waals surface area contributed by atoms with Crippen molar-refractivity contribution in [1.29, 1.82) is 0 Å². The average Bonchev–Trinajstić information content (AvgIpc) is 3.00. The fraction of sp³-hybridized carbons (Fsp3) is 0.471. The number of hydrogen-bond acceptors (Lipinski definition) is 3. The van der Waals surface area contributed by atoms with E-state index < -0.39 is 0 Å². The molecule has 3 heteroatoms. The Labute approximate surface area is 120 Å². The van der Waals surface area contributed by atoms with E-state index in [1.165, 1.54) is 36.6 Å². The summed E-state index contributed by atoms with van der Waals surface area (Å²) in [5.74, 6) is 0. The molecule has 20 heavy (non-hydrogen) atoms. The predicted molar refractivity (Wildman–Crippen MR) is 81.7 cm³/mol. The standard InChI is InChI=1S/C17H22N2O/c1-2-6-15(5-1)20-12-11-18-13-14-9-10-19-17-8-4-3-7-16(14)17/h3-4,7-10,15,18H,1-2,5-6,11-13H2. The van der Waals surface area contributed by atoms with Gasteiger partial charge in [0.25, 0.3) is 0 Å². The van der Waals surface area contributed by atoms with E-state index in [4.69, 9.17) is 4.74 Å². The molecule has 3 nitrogen and oxygen atoms in total. The highest BCUT2D eigenvalue weighted by Crippen LogP contribution is 2.20. The van der Waals surface area contributed by atoms with Crippen LogP contribution in [-0.4, -0.2) is 24.2 Å². The first-order valence-corrected chi connectivity index (χ1v) is 7.58. The highest BCUT2D eigenvalue weighted by atomic mass is 16.5. The monoisotopic (exact) mass is 270 g/mol. The first kappa shape index (κ1) is 13.5. The molecule has 2 aromatic rings. The lowest BCUT2D eigenvalue weighted by atomic mass is 10.1. The maximum atomic E-state index is 5.85. The number of nitrogens with one attached hydrogen (secondary N) is 1. The first-order valence-electron chi connectivity index (χ1n) is 7.58. The summed E-state index contributed by atoms with van der Waals surface area (Å²) in [6.07, 6.45) is 7.55. The molecule has 0 radical (unpaired) electrons. The van der Waals surface area contributed by atoms with E-state index in [-0.39, 0.29) is 0 Å². The van der Waals surface area contributed by atoms with Crippen molar-refractivity contribution in [3.8, 4) is 0 Å². The van der Waals surface area contributed by atoms with Gasteiger partial charge in [-0.1, -0.05) is 31.0 Å². The minimum absolute atomic E-state index is 0.513. The number of hydrogen-bond donors (Lipinski definition) is 1. The Kier molecular flexibility index (Phi) is 4.61. The number of rotatable bonds is 6. The topological polar surface area (TPSA) is 34.1 Å². The maximum Gasteiger partial charge on any atom is 0.0705 e. The van der Waals surface area contributed by atoms with Crippen molar-refractivity contribution in [2.45, 2.75) is 38.3 Å². The van der Waals surface area contributed by atoms with E-state index in [0.29, 0.717) is 6.10 Å². The first-order chi connectivity index (χ1) is 9.93. The van der Waals surface area contributed by atoms with Gasteiger partial charge >= 0.3 is 0 Å². The Balaban J connectivity index is 1.47. The number of ether oxygens (including phenoxy) is 1. The lowest BCUT2D eigenvalue weighted by molar-refractivity contribution is 0.0603. The van der Waals surface area contributed by atoms with Gasteiger partial charge in [-0.15, -0.1) is 0 Å². The van der Waals surface area contributed by atoms with Crippen molar-refractivity contribution >= 4 is 10.9 Å². The Morgan fingerprint density at radius 2 is 2.00 bits per heavy atom. The molecule has 1 aromatic carbocycles. The van der Waals surface area contributed by atoms with Crippen molar-refractivity contribution < 1.29 is 4.74 Å². The molecule has 0 atom stereocenters. The van der Waals surface area contributed by atoms with Gasteiger partial charge in [0, 0.05) is 24.7 Å². The quantitative estimate of drug-likeness (QED) is 0.818. The Bertz CT molecular complexity index is 544. The fourth-order valence-corrected chi connectivity index (χ4v) is 2.89. The second kappa shape index (κ2) is 6.82. The van der Waals surface area contributed by atoms with Crippen LogP contribution in [0.25, 0.3) is 10.9 Å². The zero-order valence-electron chi connectivity index (χ0n) is 11.8. The SMILES string of the molecule is c1ccc2c(CNCCOC3CCCC3)ccnc2c1. The van der Waals surface area contributed by atoms with Crippen LogP contribution in [-0.2, 0) is 11.3 Å². The van der Waals surface area contributed by atoms with E-state index >= 15 is 0 Å². The third-order valence-electron chi connectivity index (χ3n) is 3.99. The maximum absolute atomic E-state index is 5.85. The summed E-state index contributed by atoms with van der Waals surface area (Å²) in [5, 5.41) is 4.70. The average molecular weight is 270 g/mol. The second-order valence-electron chi connectivity index (χ2n) is 5.44. The number of benzene rings is 1. The van der Waals surface area contributed by atoms with Crippen molar-refractivity contribution in [1.82, 2.24) is 10.3 Å². The Morgan fingerprint density at radius 1 is 1.15 bits per heavy atom. The molecular formula is C17H22N2O. The van der Waals surface area contributed by atoms with Crippen molar-refractivity contribution in [2.24, 2.45) is 0 Å². The van der Waals surface area contributed by atoms with Crippen LogP contribution in [0.2, 0.25) is 0 Å². The van der Waals surface area contributed by atoms with Gasteiger partial charge in [0.1, 0.15) is 0 Å². The summed E-state index contributed by atoms with van der Waals surface area (Å²) in [5.41, 5.74) is 2.37. The molecule has 0 unspecified atom stereocenters. The zero-order chi connectivity index (χ0) is 13.6. The molecule has 1 heterocycles. The number of fused-ring (bicyclic) bond motifs is 1. The third-order valence-corrected chi connectivity index (χ3v) is 3.99. The smallest absolute Gasteiger partial charge is 0.0705 e. The minimum Gasteiger partial charge on any atom is -0.377 e. The van der Waals surface area contributed by atoms with Crippen molar-refractivity contribution in [3.63, 3.8) is 0 Å². The summed E-state index contributed by atoms with van der Waals surface area (Å²) >= 11 is 0. The van der Waals surface area contributed by atoms with Crippen LogP contribution in [0.4, 0.5) is 0 Å². The van der Waals surface area contributed by atoms with Crippen LogP contribution in [0, 0.1) is 0 Å². The van der Waals surface area contributed by atoms with Gasteiger partial charge in [-0.05, 0) is 30.5 Å². The molecule has 1 saturated carbocycles. The molecular weight excluding hydrogens is 248 g/mol. The molecule has 1 aromatic heterocycles. The molecule has 0 spiro atoms. The van der Waals surface area contributed by atoms with Gasteiger partial charge in [-0.3, -0.25) is 4.98 Å². The second-order valence-corrected chi connectivity index (χ2v) is 5.44. The Hall–Kier alpha value is -1.45. The van der Waals surface area contributed by atoms with E-state index in [1.807, 2.05) is 12.3 Å². The molecule has 1 N–H and O–H groups in total. The normalized spacial score (nSPS) is 16.0. The Morgan fingerprint density at radius 3 is 2.90 bits per heavy atom. The highest BCUT2D eigenvalue weighted by molar-refractivity contribution is 5.81. The number of pyridine rings is 1. The summed E-state index contributed by atoms with van der Waals surface area (Å²) in [6.45, 7) is 2.60. The van der Waals surface area contributed by atoms with E-state index in [0.717, 1.165) is 25.2 Å². The van der Waals surface area contributed by atoms with Gasteiger partial charge in [-0.2, -0.15) is 0 Å². The predicted octanol–water partition coefficient (Wildman–Crippen LogP) is 3.28. The van der Waals surface area contributed by atoms with E-state index in [2.05, 4.69) is 34.6 Å². The van der Waals surface area contributed by atoms with E-state index in [9.17, 15) is 0 Å². The summed E-state index contributed by atoms with van der Waals surface area (Å²) in [7, 11) is 0. The fourth-order valence-electron chi connectivity index (χ4n) is 2.89. The van der Waals surface area contributed by atoms with E-state index in [1.54, 1.807) is 0 Å². The lowest BCUT2D eigenvalue weighted by Crippen LogP contribution is -2.22. The van der Waals surface area contributed by atoms with Gasteiger partial charge in [0.15, 0.2) is 0 Å². The van der Waals surface area contributed by atoms with Crippen LogP contribution >= 0.6 is 0 Å². The lowest BCUT2D eigenvalue weighted by Gasteiger charge is -2.12. The van der Waals surface area contributed by atoms with Gasteiger partial charge in [0.05, 0.1) is 18.2 Å². The van der Waals surface area contributed by atoms with Crippen LogP contribution < -0.4 is 5.32 Å². The van der Waals surface area contributed by atoms with Crippen molar-refractivity contribution in [3.05, 3.63) is 42.1 Å². The summed E-state index contributed by atoms with van der Waals surface area (Å²) in [4.78, 5) is 4.39. The highest BCUT2D eigenvalue weighted by Gasteiger charge is 2.14. The molecule has 3 rings (SSSR count). The summed E-state index contributed by atoms with van der Waals surface area (Å²) in [6, 6.07) is 10.4. The van der Waals surface area contributed by atoms with Crippen LogP contribution in [0.5, 0.6) is 0 Å². The van der Waals surface area contributed by atoms with Crippen LogP contribution in [0.15, 0.2) is 36.5 Å². The van der Waals surface area contributed by atoms with Gasteiger partial charge in [-0.25, -0.2) is 0 Å². The van der Waals surface area contributed by atoms with Crippen LogP contribution in [0.3, 0.4) is 0 Å². The van der Waals surface area contributed by atoms with Crippen LogP contribution in [0.1, 0.15) is 31.2 Å². The van der Waals surface area contributed by atoms with Gasteiger partial charge in [0.2, 0.25) is 0 Å². The molecule has 0 aliphatic heterocycles. The molecule has 106 valence electrons. The molecule has 0 saturated heterocycles. The number of para-hydroxylation sites is 1. The molecule has 1 fully saturated rings. The molecule has 0 bridgehead atoms. The molecule has 1 aliphatic rings. The molecule has 1 aliphatic carbocycles. The number of aromatic nitrogens is 1. The number of nitrogens with zero attached hydrogens (tertiary/aromatic N) is 1. The van der Waals surface area contributed by atoms with Crippen molar-refractivity contribution in [2.75, 3.05) is 13.2 Å². The van der Waals surface area contributed by atoms with Gasteiger partial charge < -0.3 is 10.1 Å². The minimum atomic E-state index is 0.513. The zero-order valence-corrected chi connectivity index (χ0v) is 11.8. The summed E-state index contributed by atoms with van der Waals surface area (Å²) < 4.78 is 5.85. The third kappa shape index (κ3) is 3.35. The largest absolute Gasteiger partial charge is 0.377 e. The molecule has 0 amide bonds.